The Morgan fingerprint density at radius 3 is 2.84 bits per heavy atom. The second-order valence-electron chi connectivity index (χ2n) is 5.72. The summed E-state index contributed by atoms with van der Waals surface area (Å²) in [7, 11) is 0. The van der Waals surface area contributed by atoms with Crippen LogP contribution in [0.4, 0.5) is 5.69 Å². The van der Waals surface area contributed by atoms with Gasteiger partial charge in [-0.15, -0.1) is 0 Å². The third-order valence-corrected chi connectivity index (χ3v) is 4.62. The molecule has 3 rings (SSSR count). The number of anilines is 1. The summed E-state index contributed by atoms with van der Waals surface area (Å²) in [6, 6.07) is 3.72. The van der Waals surface area contributed by atoms with Crippen LogP contribution in [0.2, 0.25) is 0 Å². The maximum absolute atomic E-state index is 11.3. The van der Waals surface area contributed by atoms with Crippen molar-refractivity contribution < 1.29 is 9.90 Å². The highest BCUT2D eigenvalue weighted by Gasteiger charge is 2.32. The van der Waals surface area contributed by atoms with E-state index >= 15 is 0 Å². The first kappa shape index (κ1) is 12.5. The number of aromatic carboxylic acids is 1. The number of carboxylic acid groups (broad SMARTS) is 1. The lowest BCUT2D eigenvalue weighted by atomic mass is 9.75. The highest BCUT2D eigenvalue weighted by atomic mass is 16.4. The van der Waals surface area contributed by atoms with Gasteiger partial charge in [-0.05, 0) is 36.8 Å². The summed E-state index contributed by atoms with van der Waals surface area (Å²) in [5.41, 5.74) is 0.982. The van der Waals surface area contributed by atoms with Crippen LogP contribution < -0.4 is 4.90 Å². The molecule has 1 aliphatic carbocycles. The van der Waals surface area contributed by atoms with Gasteiger partial charge in [-0.2, -0.15) is 0 Å². The molecule has 1 saturated carbocycles. The molecule has 4 nitrogen and oxygen atoms in total. The molecule has 1 aromatic heterocycles. The van der Waals surface area contributed by atoms with Crippen molar-refractivity contribution in [3.8, 4) is 0 Å². The maximum Gasteiger partial charge on any atom is 0.356 e. The fourth-order valence-electron chi connectivity index (χ4n) is 3.64. The molecule has 1 aromatic rings. The second kappa shape index (κ2) is 5.19. The molecule has 2 atom stereocenters. The smallest absolute Gasteiger partial charge is 0.356 e. The zero-order chi connectivity index (χ0) is 13.2. The Morgan fingerprint density at radius 1 is 1.26 bits per heavy atom. The van der Waals surface area contributed by atoms with Gasteiger partial charge in [0, 0.05) is 19.3 Å². The van der Waals surface area contributed by atoms with Crippen LogP contribution >= 0.6 is 0 Å². The number of rotatable bonds is 2. The predicted molar refractivity (Wildman–Crippen MR) is 73.5 cm³/mol. The van der Waals surface area contributed by atoms with Crippen LogP contribution in [0.15, 0.2) is 18.3 Å². The van der Waals surface area contributed by atoms with Gasteiger partial charge in [0.25, 0.3) is 0 Å². The SMILES string of the molecule is O=C(O)c1ncccc1N1CCC2CCCCC2C1. The van der Waals surface area contributed by atoms with Gasteiger partial charge in [-0.3, -0.25) is 0 Å². The van der Waals surface area contributed by atoms with Crippen LogP contribution in [0.3, 0.4) is 0 Å². The van der Waals surface area contributed by atoms with E-state index in [1.54, 1.807) is 6.20 Å². The van der Waals surface area contributed by atoms with Crippen molar-refractivity contribution in [3.05, 3.63) is 24.0 Å². The summed E-state index contributed by atoms with van der Waals surface area (Å²) in [6.45, 7) is 1.96. The van der Waals surface area contributed by atoms with Gasteiger partial charge in [0.15, 0.2) is 5.69 Å². The normalized spacial score (nSPS) is 26.8. The van der Waals surface area contributed by atoms with Gasteiger partial charge in [0.1, 0.15) is 0 Å². The fraction of sp³-hybridized carbons (Fsp3) is 0.600. The number of carboxylic acids is 1. The van der Waals surface area contributed by atoms with E-state index in [0.29, 0.717) is 0 Å². The second-order valence-corrected chi connectivity index (χ2v) is 5.72. The molecular formula is C15H20N2O2. The van der Waals surface area contributed by atoms with Crippen molar-refractivity contribution in [2.75, 3.05) is 18.0 Å². The van der Waals surface area contributed by atoms with Crippen molar-refractivity contribution in [1.29, 1.82) is 0 Å². The summed E-state index contributed by atoms with van der Waals surface area (Å²) in [5, 5.41) is 9.24. The van der Waals surface area contributed by atoms with Gasteiger partial charge in [0.2, 0.25) is 0 Å². The fourth-order valence-corrected chi connectivity index (χ4v) is 3.64. The Bertz CT molecular complexity index is 475. The van der Waals surface area contributed by atoms with Crippen molar-refractivity contribution in [1.82, 2.24) is 4.98 Å². The minimum absolute atomic E-state index is 0.191. The molecule has 1 aliphatic heterocycles. The Hall–Kier alpha value is -1.58. The van der Waals surface area contributed by atoms with Gasteiger partial charge in [0.05, 0.1) is 5.69 Å². The lowest BCUT2D eigenvalue weighted by molar-refractivity contribution is 0.0691. The van der Waals surface area contributed by atoms with Gasteiger partial charge < -0.3 is 10.0 Å². The lowest BCUT2D eigenvalue weighted by Gasteiger charge is -2.42. The minimum atomic E-state index is -0.929. The number of piperidine rings is 1. The molecule has 2 unspecified atom stereocenters. The van der Waals surface area contributed by atoms with Gasteiger partial charge in [-0.25, -0.2) is 9.78 Å². The maximum atomic E-state index is 11.3. The van der Waals surface area contributed by atoms with Crippen LogP contribution in [0.5, 0.6) is 0 Å². The average Bonchev–Trinajstić information content (AvgIpc) is 2.46. The van der Waals surface area contributed by atoms with E-state index in [0.717, 1.165) is 30.6 Å². The first-order valence-corrected chi connectivity index (χ1v) is 7.19. The highest BCUT2D eigenvalue weighted by Crippen LogP contribution is 2.37. The van der Waals surface area contributed by atoms with E-state index in [9.17, 15) is 9.90 Å². The van der Waals surface area contributed by atoms with Gasteiger partial charge >= 0.3 is 5.97 Å². The number of pyridine rings is 1. The van der Waals surface area contributed by atoms with E-state index in [-0.39, 0.29) is 5.69 Å². The quantitative estimate of drug-likeness (QED) is 0.888. The molecule has 0 aromatic carbocycles. The minimum Gasteiger partial charge on any atom is -0.476 e. The zero-order valence-corrected chi connectivity index (χ0v) is 11.1. The zero-order valence-electron chi connectivity index (χ0n) is 11.1. The highest BCUT2D eigenvalue weighted by molar-refractivity contribution is 5.92. The third kappa shape index (κ3) is 2.44. The first-order chi connectivity index (χ1) is 9.25. The van der Waals surface area contributed by atoms with Crippen LogP contribution in [0, 0.1) is 11.8 Å². The number of carbonyl (C=O) groups is 1. The molecule has 2 heterocycles. The number of nitrogens with zero attached hydrogens (tertiary/aromatic N) is 2. The number of hydrogen-bond acceptors (Lipinski definition) is 3. The number of fused-ring (bicyclic) bond motifs is 1. The Kier molecular flexibility index (Phi) is 3.40. The van der Waals surface area contributed by atoms with E-state index < -0.39 is 5.97 Å². The standard InChI is InChI=1S/C15H20N2O2/c18-15(19)14-13(6-3-8-16-14)17-9-7-11-4-1-2-5-12(11)10-17/h3,6,8,11-12H,1-2,4-5,7,9-10H2,(H,18,19). The average molecular weight is 260 g/mol. The Balaban J connectivity index is 1.81. The third-order valence-electron chi connectivity index (χ3n) is 4.62. The van der Waals surface area contributed by atoms with E-state index in [1.807, 2.05) is 12.1 Å². The Morgan fingerprint density at radius 2 is 2.05 bits per heavy atom. The summed E-state index contributed by atoms with van der Waals surface area (Å²) in [5.74, 6) is 0.667. The van der Waals surface area contributed by atoms with Crippen molar-refractivity contribution in [2.45, 2.75) is 32.1 Å². The summed E-state index contributed by atoms with van der Waals surface area (Å²) in [4.78, 5) is 17.5. The molecule has 0 bridgehead atoms. The molecule has 1 N–H and O–H groups in total. The first-order valence-electron chi connectivity index (χ1n) is 7.19. The van der Waals surface area contributed by atoms with Crippen molar-refractivity contribution in [3.63, 3.8) is 0 Å². The van der Waals surface area contributed by atoms with Crippen LogP contribution in [0.1, 0.15) is 42.6 Å². The topological polar surface area (TPSA) is 53.4 Å². The van der Waals surface area contributed by atoms with Crippen LogP contribution in [0.25, 0.3) is 0 Å². The van der Waals surface area contributed by atoms with Crippen LogP contribution in [-0.2, 0) is 0 Å². The lowest BCUT2D eigenvalue weighted by Crippen LogP contribution is -2.42. The largest absolute Gasteiger partial charge is 0.476 e. The number of aromatic nitrogens is 1. The van der Waals surface area contributed by atoms with Crippen molar-refractivity contribution in [2.24, 2.45) is 11.8 Å². The molecule has 19 heavy (non-hydrogen) atoms. The molecule has 2 aliphatic rings. The Labute approximate surface area is 113 Å². The molecule has 0 radical (unpaired) electrons. The summed E-state index contributed by atoms with van der Waals surface area (Å²) in [6.07, 6.45) is 8.10. The molecule has 0 spiro atoms. The molecule has 1 saturated heterocycles. The molecule has 4 heteroatoms. The van der Waals surface area contributed by atoms with Crippen LogP contribution in [-0.4, -0.2) is 29.1 Å². The van der Waals surface area contributed by atoms with E-state index in [1.165, 1.54) is 32.1 Å². The molecule has 0 amide bonds. The molecule has 102 valence electrons. The predicted octanol–water partition coefficient (Wildman–Crippen LogP) is 2.80. The van der Waals surface area contributed by atoms with Gasteiger partial charge in [-0.1, -0.05) is 19.3 Å². The summed E-state index contributed by atoms with van der Waals surface area (Å²) >= 11 is 0. The number of hydrogen-bond donors (Lipinski definition) is 1. The molecule has 2 fully saturated rings. The monoisotopic (exact) mass is 260 g/mol. The van der Waals surface area contributed by atoms with E-state index in [2.05, 4.69) is 9.88 Å². The summed E-state index contributed by atoms with van der Waals surface area (Å²) < 4.78 is 0. The van der Waals surface area contributed by atoms with E-state index in [4.69, 9.17) is 0 Å². The van der Waals surface area contributed by atoms with Crippen molar-refractivity contribution >= 4 is 11.7 Å². The molecular weight excluding hydrogens is 240 g/mol.